The molecule has 0 unspecified atom stereocenters. The Morgan fingerprint density at radius 3 is 2.79 bits per heavy atom. The van der Waals surface area contributed by atoms with Gasteiger partial charge >= 0.3 is 0 Å². The minimum atomic E-state index is 0.731. The maximum atomic E-state index is 4.06. The van der Waals surface area contributed by atoms with Crippen molar-refractivity contribution in [2.45, 2.75) is 6.54 Å². The molecule has 0 aliphatic heterocycles. The highest BCUT2D eigenvalue weighted by Crippen LogP contribution is 2.02. The summed E-state index contributed by atoms with van der Waals surface area (Å²) in [5.41, 5.74) is 1.17. The van der Waals surface area contributed by atoms with E-state index in [1.807, 2.05) is 19.2 Å². The van der Waals surface area contributed by atoms with Gasteiger partial charge in [0.2, 0.25) is 5.95 Å². The Morgan fingerprint density at radius 2 is 2.14 bits per heavy atom. The second-order valence-corrected chi connectivity index (χ2v) is 2.92. The molecule has 14 heavy (non-hydrogen) atoms. The van der Waals surface area contributed by atoms with E-state index in [1.54, 1.807) is 17.1 Å². The van der Waals surface area contributed by atoms with Crippen LogP contribution in [-0.2, 0) is 13.6 Å². The molecule has 0 saturated carbocycles. The third kappa shape index (κ3) is 1.87. The van der Waals surface area contributed by atoms with Crippen LogP contribution in [0.5, 0.6) is 0 Å². The van der Waals surface area contributed by atoms with Gasteiger partial charge in [-0.25, -0.2) is 4.68 Å². The fraction of sp³-hybridized carbons (Fsp3) is 0.222. The van der Waals surface area contributed by atoms with E-state index in [1.165, 1.54) is 11.9 Å². The van der Waals surface area contributed by atoms with Crippen molar-refractivity contribution in [3.8, 4) is 0 Å². The van der Waals surface area contributed by atoms with Gasteiger partial charge in [-0.3, -0.25) is 4.98 Å². The number of aromatic nitrogens is 4. The number of anilines is 1. The van der Waals surface area contributed by atoms with Crippen LogP contribution in [0.25, 0.3) is 0 Å². The highest BCUT2D eigenvalue weighted by molar-refractivity contribution is 5.25. The summed E-state index contributed by atoms with van der Waals surface area (Å²) < 4.78 is 1.70. The number of nitrogens with zero attached hydrogens (tertiary/aromatic N) is 4. The van der Waals surface area contributed by atoms with Gasteiger partial charge in [-0.1, -0.05) is 0 Å². The first-order chi connectivity index (χ1) is 6.86. The van der Waals surface area contributed by atoms with Crippen LogP contribution in [0.1, 0.15) is 5.56 Å². The third-order valence-corrected chi connectivity index (χ3v) is 1.91. The molecule has 5 heteroatoms. The van der Waals surface area contributed by atoms with E-state index in [-0.39, 0.29) is 0 Å². The molecule has 0 aliphatic rings. The fourth-order valence-electron chi connectivity index (χ4n) is 1.14. The topological polar surface area (TPSA) is 55.6 Å². The van der Waals surface area contributed by atoms with Crippen molar-refractivity contribution >= 4 is 5.95 Å². The lowest BCUT2D eigenvalue weighted by atomic mass is 10.3. The maximum absolute atomic E-state index is 4.06. The Kier molecular flexibility index (Phi) is 2.40. The Hall–Kier alpha value is -1.91. The molecule has 2 aromatic heterocycles. The van der Waals surface area contributed by atoms with Crippen molar-refractivity contribution in [3.05, 3.63) is 36.4 Å². The van der Waals surface area contributed by atoms with Gasteiger partial charge in [0.15, 0.2) is 0 Å². The van der Waals surface area contributed by atoms with Gasteiger partial charge in [0.05, 0.1) is 0 Å². The van der Waals surface area contributed by atoms with Crippen LogP contribution in [0.15, 0.2) is 30.9 Å². The quantitative estimate of drug-likeness (QED) is 0.776. The third-order valence-electron chi connectivity index (χ3n) is 1.91. The van der Waals surface area contributed by atoms with Gasteiger partial charge in [0.1, 0.15) is 6.33 Å². The Labute approximate surface area is 81.8 Å². The van der Waals surface area contributed by atoms with Crippen molar-refractivity contribution in [1.82, 2.24) is 19.7 Å². The molecule has 72 valence electrons. The van der Waals surface area contributed by atoms with E-state index in [0.717, 1.165) is 12.5 Å². The van der Waals surface area contributed by atoms with Crippen LogP contribution in [0.2, 0.25) is 0 Å². The molecule has 2 heterocycles. The number of hydrogen-bond donors (Lipinski definition) is 1. The SMILES string of the molecule is Cn1ncnc1NCc1ccncc1. The summed E-state index contributed by atoms with van der Waals surface area (Å²) in [5.74, 6) is 0.766. The summed E-state index contributed by atoms with van der Waals surface area (Å²) in [6, 6.07) is 3.92. The summed E-state index contributed by atoms with van der Waals surface area (Å²) >= 11 is 0. The molecule has 0 fully saturated rings. The van der Waals surface area contributed by atoms with Gasteiger partial charge in [0, 0.05) is 26.0 Å². The maximum Gasteiger partial charge on any atom is 0.221 e. The van der Waals surface area contributed by atoms with E-state index in [0.29, 0.717) is 0 Å². The fourth-order valence-corrected chi connectivity index (χ4v) is 1.14. The lowest BCUT2D eigenvalue weighted by Crippen LogP contribution is -2.05. The van der Waals surface area contributed by atoms with Gasteiger partial charge in [0.25, 0.3) is 0 Å². The molecule has 1 N–H and O–H groups in total. The molecule has 2 aromatic rings. The predicted molar refractivity (Wildman–Crippen MR) is 52.6 cm³/mol. The largest absolute Gasteiger partial charge is 0.350 e. The van der Waals surface area contributed by atoms with Crippen molar-refractivity contribution in [1.29, 1.82) is 0 Å². The second kappa shape index (κ2) is 3.87. The molecular formula is C9H11N5. The van der Waals surface area contributed by atoms with Crippen LogP contribution in [0.4, 0.5) is 5.95 Å². The highest BCUT2D eigenvalue weighted by Gasteiger charge is 1.98. The Bertz CT molecular complexity index is 395. The zero-order chi connectivity index (χ0) is 9.80. The summed E-state index contributed by atoms with van der Waals surface area (Å²) in [5, 5.41) is 7.13. The minimum Gasteiger partial charge on any atom is -0.350 e. The van der Waals surface area contributed by atoms with Crippen LogP contribution in [-0.4, -0.2) is 19.7 Å². The van der Waals surface area contributed by atoms with Crippen molar-refractivity contribution in [2.75, 3.05) is 5.32 Å². The number of hydrogen-bond acceptors (Lipinski definition) is 4. The van der Waals surface area contributed by atoms with Crippen molar-refractivity contribution in [3.63, 3.8) is 0 Å². The Balaban J connectivity index is 1.99. The first-order valence-corrected chi connectivity index (χ1v) is 4.33. The minimum absolute atomic E-state index is 0.731. The first kappa shape index (κ1) is 8.68. The number of rotatable bonds is 3. The smallest absolute Gasteiger partial charge is 0.221 e. The predicted octanol–water partition coefficient (Wildman–Crippen LogP) is 0.822. The van der Waals surface area contributed by atoms with Crippen LogP contribution in [0.3, 0.4) is 0 Å². The van der Waals surface area contributed by atoms with Gasteiger partial charge in [-0.05, 0) is 17.7 Å². The van der Waals surface area contributed by atoms with E-state index >= 15 is 0 Å². The molecule has 0 bridgehead atoms. The first-order valence-electron chi connectivity index (χ1n) is 4.33. The number of pyridine rings is 1. The van der Waals surface area contributed by atoms with Crippen LogP contribution in [0, 0.1) is 0 Å². The molecule has 0 aromatic carbocycles. The van der Waals surface area contributed by atoms with E-state index in [9.17, 15) is 0 Å². The number of aryl methyl sites for hydroxylation is 1. The van der Waals surface area contributed by atoms with Crippen molar-refractivity contribution in [2.24, 2.45) is 7.05 Å². The normalized spacial score (nSPS) is 10.1. The summed E-state index contributed by atoms with van der Waals surface area (Å²) in [4.78, 5) is 8.00. The van der Waals surface area contributed by atoms with E-state index in [2.05, 4.69) is 20.4 Å². The molecule has 0 amide bonds. The summed E-state index contributed by atoms with van der Waals surface area (Å²) in [7, 11) is 1.85. The van der Waals surface area contributed by atoms with Gasteiger partial charge in [-0.2, -0.15) is 10.1 Å². The molecule has 0 aliphatic carbocycles. The van der Waals surface area contributed by atoms with Crippen LogP contribution >= 0.6 is 0 Å². The monoisotopic (exact) mass is 189 g/mol. The Morgan fingerprint density at radius 1 is 1.36 bits per heavy atom. The summed E-state index contributed by atoms with van der Waals surface area (Å²) in [6.45, 7) is 0.731. The van der Waals surface area contributed by atoms with E-state index in [4.69, 9.17) is 0 Å². The lowest BCUT2D eigenvalue weighted by molar-refractivity contribution is 0.767. The van der Waals surface area contributed by atoms with Gasteiger partial charge in [-0.15, -0.1) is 0 Å². The van der Waals surface area contributed by atoms with Crippen molar-refractivity contribution < 1.29 is 0 Å². The van der Waals surface area contributed by atoms with Gasteiger partial charge < -0.3 is 5.32 Å². The molecule has 0 radical (unpaired) electrons. The van der Waals surface area contributed by atoms with E-state index < -0.39 is 0 Å². The molecule has 2 rings (SSSR count). The lowest BCUT2D eigenvalue weighted by Gasteiger charge is -2.03. The molecule has 0 saturated heterocycles. The summed E-state index contributed by atoms with van der Waals surface area (Å²) in [6.07, 6.45) is 5.07. The molecule has 0 atom stereocenters. The molecular weight excluding hydrogens is 178 g/mol. The van der Waals surface area contributed by atoms with Crippen LogP contribution < -0.4 is 5.32 Å². The second-order valence-electron chi connectivity index (χ2n) is 2.92. The molecule has 5 nitrogen and oxygen atoms in total. The molecule has 0 spiro atoms. The zero-order valence-corrected chi connectivity index (χ0v) is 7.88. The average Bonchev–Trinajstić information content (AvgIpc) is 2.63. The zero-order valence-electron chi connectivity index (χ0n) is 7.88. The average molecular weight is 189 g/mol. The highest BCUT2D eigenvalue weighted by atomic mass is 15.4. The number of nitrogens with one attached hydrogen (secondary N) is 1. The standard InChI is InChI=1S/C9H11N5/c1-14-9(12-7-13-14)11-6-8-2-4-10-5-3-8/h2-5,7H,6H2,1H3,(H,11,12,13).